The van der Waals surface area contributed by atoms with Crippen molar-refractivity contribution in [2.75, 3.05) is 13.2 Å². The quantitative estimate of drug-likeness (QED) is 0.801. The van der Waals surface area contributed by atoms with E-state index in [0.717, 1.165) is 43.4 Å². The standard InChI is InChI=1S/C14H20FN3O2/c15-9-6-10(8-19)18(7-9)14(20)13-11-4-2-1-3-5-12(11)16-17-13/h9-10,19H,1-8H2,(H,16,17)/t9-,10-/m0/s1. The molecule has 0 aromatic carbocycles. The number of aliphatic hydroxyl groups excluding tert-OH is 1. The number of aliphatic hydroxyl groups is 1. The minimum Gasteiger partial charge on any atom is -0.394 e. The molecule has 110 valence electrons. The van der Waals surface area contributed by atoms with Crippen molar-refractivity contribution in [1.29, 1.82) is 0 Å². The number of H-pyrrole nitrogens is 1. The summed E-state index contributed by atoms with van der Waals surface area (Å²) in [6.45, 7) is -0.134. The Bertz CT molecular complexity index is 503. The largest absolute Gasteiger partial charge is 0.394 e. The van der Waals surface area contributed by atoms with E-state index in [4.69, 9.17) is 0 Å². The topological polar surface area (TPSA) is 69.2 Å². The van der Waals surface area contributed by atoms with Gasteiger partial charge in [-0.25, -0.2) is 4.39 Å². The average molecular weight is 281 g/mol. The van der Waals surface area contributed by atoms with Crippen LogP contribution >= 0.6 is 0 Å². The fourth-order valence-corrected chi connectivity index (χ4v) is 3.25. The smallest absolute Gasteiger partial charge is 0.275 e. The van der Waals surface area contributed by atoms with Crippen LogP contribution in [0.25, 0.3) is 0 Å². The van der Waals surface area contributed by atoms with Gasteiger partial charge < -0.3 is 10.0 Å². The van der Waals surface area contributed by atoms with Crippen molar-refractivity contribution in [1.82, 2.24) is 15.1 Å². The average Bonchev–Trinajstić information content (AvgIpc) is 2.94. The van der Waals surface area contributed by atoms with Crippen LogP contribution in [-0.2, 0) is 12.8 Å². The fourth-order valence-electron chi connectivity index (χ4n) is 3.25. The number of aryl methyl sites for hydroxylation is 1. The summed E-state index contributed by atoms with van der Waals surface area (Å²) in [4.78, 5) is 14.0. The van der Waals surface area contributed by atoms with E-state index in [0.29, 0.717) is 5.69 Å². The molecule has 20 heavy (non-hydrogen) atoms. The van der Waals surface area contributed by atoms with Gasteiger partial charge in [-0.2, -0.15) is 5.10 Å². The van der Waals surface area contributed by atoms with Crippen molar-refractivity contribution in [2.45, 2.75) is 50.7 Å². The molecule has 2 N–H and O–H groups in total. The first kappa shape index (κ1) is 13.5. The first-order chi connectivity index (χ1) is 9.70. The second-order valence-electron chi connectivity index (χ2n) is 5.72. The van der Waals surface area contributed by atoms with Crippen molar-refractivity contribution < 1.29 is 14.3 Å². The van der Waals surface area contributed by atoms with Crippen LogP contribution < -0.4 is 0 Å². The van der Waals surface area contributed by atoms with Crippen LogP contribution in [0.15, 0.2) is 0 Å². The van der Waals surface area contributed by atoms with E-state index in [9.17, 15) is 14.3 Å². The monoisotopic (exact) mass is 281 g/mol. The number of amides is 1. The lowest BCUT2D eigenvalue weighted by Gasteiger charge is -2.22. The van der Waals surface area contributed by atoms with Crippen LogP contribution in [0.3, 0.4) is 0 Å². The number of aromatic nitrogens is 2. The van der Waals surface area contributed by atoms with Crippen LogP contribution in [0.2, 0.25) is 0 Å². The van der Waals surface area contributed by atoms with Crippen LogP contribution in [0.5, 0.6) is 0 Å². The minimum absolute atomic E-state index is 0.0612. The lowest BCUT2D eigenvalue weighted by Crippen LogP contribution is -2.38. The van der Waals surface area contributed by atoms with Gasteiger partial charge in [0, 0.05) is 17.7 Å². The van der Waals surface area contributed by atoms with Gasteiger partial charge >= 0.3 is 0 Å². The predicted octanol–water partition coefficient (Wildman–Crippen LogP) is 1.22. The van der Waals surface area contributed by atoms with Gasteiger partial charge in [0.05, 0.1) is 19.2 Å². The molecule has 1 amide bonds. The molecule has 6 heteroatoms. The van der Waals surface area contributed by atoms with Crippen LogP contribution in [0, 0.1) is 0 Å². The molecule has 0 radical (unpaired) electrons. The Hall–Kier alpha value is -1.43. The number of aromatic amines is 1. The van der Waals surface area contributed by atoms with Crippen molar-refractivity contribution >= 4 is 5.91 Å². The zero-order chi connectivity index (χ0) is 14.1. The van der Waals surface area contributed by atoms with Crippen molar-refractivity contribution in [2.24, 2.45) is 0 Å². The highest BCUT2D eigenvalue weighted by atomic mass is 19.1. The molecule has 1 aromatic heterocycles. The van der Waals surface area contributed by atoms with Crippen LogP contribution in [0.4, 0.5) is 4.39 Å². The summed E-state index contributed by atoms with van der Waals surface area (Å²) >= 11 is 0. The number of likely N-dealkylation sites (tertiary alicyclic amines) is 1. The molecule has 1 aromatic rings. The summed E-state index contributed by atoms with van der Waals surface area (Å²) in [5.41, 5.74) is 2.46. The van der Waals surface area contributed by atoms with Crippen molar-refractivity contribution in [3.63, 3.8) is 0 Å². The lowest BCUT2D eigenvalue weighted by molar-refractivity contribution is 0.0666. The molecule has 1 aliphatic heterocycles. The summed E-state index contributed by atoms with van der Waals surface area (Å²) in [5.74, 6) is -0.247. The number of rotatable bonds is 2. The second kappa shape index (κ2) is 5.52. The molecular formula is C14H20FN3O2. The van der Waals surface area contributed by atoms with E-state index >= 15 is 0 Å². The number of nitrogens with zero attached hydrogens (tertiary/aromatic N) is 2. The third-order valence-electron chi connectivity index (χ3n) is 4.34. The molecule has 0 saturated carbocycles. The lowest BCUT2D eigenvalue weighted by atomic mass is 10.1. The third-order valence-corrected chi connectivity index (χ3v) is 4.34. The molecule has 0 spiro atoms. The van der Waals surface area contributed by atoms with E-state index in [1.165, 1.54) is 4.90 Å². The van der Waals surface area contributed by atoms with Crippen LogP contribution in [-0.4, -0.2) is 51.5 Å². The zero-order valence-electron chi connectivity index (χ0n) is 11.4. The highest BCUT2D eigenvalue weighted by molar-refractivity contribution is 5.94. The number of fused-ring (bicyclic) bond motifs is 1. The predicted molar refractivity (Wildman–Crippen MR) is 71.3 cm³/mol. The van der Waals surface area contributed by atoms with Gasteiger partial charge in [0.25, 0.3) is 5.91 Å². The highest BCUT2D eigenvalue weighted by Crippen LogP contribution is 2.26. The maximum absolute atomic E-state index is 13.5. The first-order valence-corrected chi connectivity index (χ1v) is 7.32. The molecule has 5 nitrogen and oxygen atoms in total. The van der Waals surface area contributed by atoms with Crippen molar-refractivity contribution in [3.05, 3.63) is 17.0 Å². The fraction of sp³-hybridized carbons (Fsp3) is 0.714. The van der Waals surface area contributed by atoms with Gasteiger partial charge in [-0.1, -0.05) is 6.42 Å². The third kappa shape index (κ3) is 2.32. The highest BCUT2D eigenvalue weighted by Gasteiger charge is 2.37. The van der Waals surface area contributed by atoms with Crippen molar-refractivity contribution in [3.8, 4) is 0 Å². The Morgan fingerprint density at radius 2 is 2.20 bits per heavy atom. The number of halogens is 1. The van der Waals surface area contributed by atoms with Gasteiger partial charge in [0.2, 0.25) is 0 Å². The molecule has 2 heterocycles. The molecule has 1 fully saturated rings. The van der Waals surface area contributed by atoms with E-state index in [-0.39, 0.29) is 25.5 Å². The number of carbonyl (C=O) groups is 1. The molecule has 0 bridgehead atoms. The maximum atomic E-state index is 13.5. The molecule has 1 aliphatic carbocycles. The SMILES string of the molecule is O=C(c1n[nH]c2c1CCCCC2)N1C[C@@H](F)C[C@H]1CO. The van der Waals surface area contributed by atoms with Gasteiger partial charge in [-0.05, 0) is 25.7 Å². The Morgan fingerprint density at radius 3 is 3.00 bits per heavy atom. The second-order valence-corrected chi connectivity index (χ2v) is 5.72. The van der Waals surface area contributed by atoms with Gasteiger partial charge in [-0.15, -0.1) is 0 Å². The minimum atomic E-state index is -1.05. The molecule has 2 aliphatic rings. The van der Waals surface area contributed by atoms with E-state index in [2.05, 4.69) is 10.2 Å². The van der Waals surface area contributed by atoms with E-state index in [1.54, 1.807) is 0 Å². The van der Waals surface area contributed by atoms with Gasteiger partial charge in [0.1, 0.15) is 6.17 Å². The molecule has 1 saturated heterocycles. The number of hydrogen-bond acceptors (Lipinski definition) is 3. The Kier molecular flexibility index (Phi) is 3.74. The summed E-state index contributed by atoms with van der Waals surface area (Å²) in [7, 11) is 0. The normalized spacial score (nSPS) is 26.4. The zero-order valence-corrected chi connectivity index (χ0v) is 11.4. The summed E-state index contributed by atoms with van der Waals surface area (Å²) in [5, 5.41) is 16.4. The molecule has 0 unspecified atom stereocenters. The number of alkyl halides is 1. The molecule has 2 atom stereocenters. The molecular weight excluding hydrogens is 261 g/mol. The van der Waals surface area contributed by atoms with Gasteiger partial charge in [0.15, 0.2) is 5.69 Å². The number of carbonyl (C=O) groups excluding carboxylic acids is 1. The summed E-state index contributed by atoms with van der Waals surface area (Å²) in [6, 6.07) is -0.421. The van der Waals surface area contributed by atoms with E-state index in [1.807, 2.05) is 0 Å². The Balaban J connectivity index is 1.85. The Labute approximate surface area is 117 Å². The van der Waals surface area contributed by atoms with Crippen LogP contribution in [0.1, 0.15) is 47.4 Å². The van der Waals surface area contributed by atoms with Gasteiger partial charge in [-0.3, -0.25) is 9.89 Å². The molecule has 3 rings (SSSR count). The maximum Gasteiger partial charge on any atom is 0.275 e. The Morgan fingerprint density at radius 1 is 1.40 bits per heavy atom. The summed E-state index contributed by atoms with van der Waals surface area (Å²) < 4.78 is 13.5. The first-order valence-electron chi connectivity index (χ1n) is 7.32. The summed E-state index contributed by atoms with van der Waals surface area (Å²) in [6.07, 6.45) is 4.27. The van der Waals surface area contributed by atoms with E-state index < -0.39 is 12.2 Å². The number of hydrogen-bond donors (Lipinski definition) is 2. The number of nitrogens with one attached hydrogen (secondary N) is 1.